The van der Waals surface area contributed by atoms with Crippen molar-refractivity contribution in [2.75, 3.05) is 13.2 Å². The van der Waals surface area contributed by atoms with Crippen LogP contribution in [0, 0.1) is 0 Å². The van der Waals surface area contributed by atoms with E-state index >= 15 is 0 Å². The van der Waals surface area contributed by atoms with E-state index in [-0.39, 0.29) is 54.2 Å². The van der Waals surface area contributed by atoms with Crippen LogP contribution in [0.15, 0.2) is 54.6 Å². The molecule has 2 aliphatic heterocycles. The van der Waals surface area contributed by atoms with E-state index in [1.165, 1.54) is 12.1 Å². The second-order valence-corrected chi connectivity index (χ2v) is 10.8. The average Bonchev–Trinajstić information content (AvgIpc) is 3.27. The number of halogens is 6. The van der Waals surface area contributed by atoms with Crippen LogP contribution in [0.4, 0.5) is 26.3 Å². The third-order valence-corrected chi connectivity index (χ3v) is 7.70. The van der Waals surface area contributed by atoms with Crippen LogP contribution in [0.5, 0.6) is 5.75 Å². The molecule has 0 bridgehead atoms. The first-order chi connectivity index (χ1) is 20.7. The molecule has 2 amide bonds. The van der Waals surface area contributed by atoms with Crippen molar-refractivity contribution in [1.29, 1.82) is 0 Å². The maximum Gasteiger partial charge on any atom is 0.416 e. The van der Waals surface area contributed by atoms with Gasteiger partial charge in [0.1, 0.15) is 5.75 Å². The number of carbonyl (C=O) groups is 2. The van der Waals surface area contributed by atoms with E-state index in [0.717, 1.165) is 16.0 Å². The standard InChI is InChI=1S/C31H29F6N3O4/c1-2-44-27-12-23-20(9-24(27)28(42)39-14-26(41)25-10-18-5-3-4-6-19(18)13-38-25)16-40(29(23)43)15-17-7-21(30(32,33)34)11-22(8-17)31(35,36)37/h3-9,11-12,25-26,38,41H,2,10,13-16H2,1H3,(H,39,42)/t25-,26?/m0/s1. The van der Waals surface area contributed by atoms with E-state index < -0.39 is 47.9 Å². The lowest BCUT2D eigenvalue weighted by atomic mass is 9.93. The number of nitrogens with one attached hydrogen (secondary N) is 2. The van der Waals surface area contributed by atoms with Crippen LogP contribution in [0.2, 0.25) is 0 Å². The Morgan fingerprint density at radius 1 is 1.02 bits per heavy atom. The third-order valence-electron chi connectivity index (χ3n) is 7.70. The summed E-state index contributed by atoms with van der Waals surface area (Å²) in [7, 11) is 0. The van der Waals surface area contributed by atoms with Crippen LogP contribution < -0.4 is 15.4 Å². The average molecular weight is 622 g/mol. The number of amides is 2. The van der Waals surface area contributed by atoms with Gasteiger partial charge in [-0.15, -0.1) is 0 Å². The Balaban J connectivity index is 1.32. The lowest BCUT2D eigenvalue weighted by Gasteiger charge is -2.30. The van der Waals surface area contributed by atoms with Gasteiger partial charge >= 0.3 is 12.4 Å². The van der Waals surface area contributed by atoms with Gasteiger partial charge in [-0.2, -0.15) is 26.3 Å². The van der Waals surface area contributed by atoms with Gasteiger partial charge in [-0.05, 0) is 65.9 Å². The molecule has 0 spiro atoms. The van der Waals surface area contributed by atoms with Crippen LogP contribution >= 0.6 is 0 Å². The highest BCUT2D eigenvalue weighted by atomic mass is 19.4. The van der Waals surface area contributed by atoms with Crippen molar-refractivity contribution in [1.82, 2.24) is 15.5 Å². The number of alkyl halides is 6. The lowest BCUT2D eigenvalue weighted by molar-refractivity contribution is -0.143. The molecule has 2 heterocycles. The second kappa shape index (κ2) is 12.1. The minimum absolute atomic E-state index is 0.0312. The molecule has 234 valence electrons. The van der Waals surface area contributed by atoms with Crippen molar-refractivity contribution in [3.63, 3.8) is 0 Å². The largest absolute Gasteiger partial charge is 0.493 e. The molecular formula is C31H29F6N3O4. The molecule has 1 unspecified atom stereocenters. The number of aliphatic hydroxyl groups is 1. The number of nitrogens with zero attached hydrogens (tertiary/aromatic N) is 1. The van der Waals surface area contributed by atoms with Crippen molar-refractivity contribution in [2.45, 2.75) is 57.5 Å². The van der Waals surface area contributed by atoms with Gasteiger partial charge in [-0.25, -0.2) is 0 Å². The van der Waals surface area contributed by atoms with E-state index in [2.05, 4.69) is 10.6 Å². The first kappa shape index (κ1) is 31.3. The molecule has 44 heavy (non-hydrogen) atoms. The second-order valence-electron chi connectivity index (χ2n) is 10.8. The normalized spacial score (nSPS) is 17.2. The predicted molar refractivity (Wildman–Crippen MR) is 147 cm³/mol. The molecule has 0 aliphatic carbocycles. The highest BCUT2D eigenvalue weighted by Crippen LogP contribution is 2.38. The summed E-state index contributed by atoms with van der Waals surface area (Å²) in [5.74, 6) is -1.13. The molecule has 0 saturated heterocycles. The van der Waals surface area contributed by atoms with Crippen molar-refractivity contribution in [3.05, 3.63) is 99.1 Å². The molecule has 3 aromatic rings. The molecule has 2 atom stereocenters. The van der Waals surface area contributed by atoms with Gasteiger partial charge in [0, 0.05) is 37.8 Å². The van der Waals surface area contributed by atoms with E-state index in [1.807, 2.05) is 24.3 Å². The maximum atomic E-state index is 13.3. The van der Waals surface area contributed by atoms with E-state index in [1.54, 1.807) is 6.92 Å². The molecule has 0 saturated carbocycles. The molecule has 0 radical (unpaired) electrons. The first-order valence-corrected chi connectivity index (χ1v) is 13.9. The van der Waals surface area contributed by atoms with Crippen molar-refractivity contribution >= 4 is 11.8 Å². The zero-order valence-corrected chi connectivity index (χ0v) is 23.5. The Labute approximate surface area is 248 Å². The fourth-order valence-corrected chi connectivity index (χ4v) is 5.50. The number of hydrogen-bond donors (Lipinski definition) is 3. The Morgan fingerprint density at radius 3 is 2.32 bits per heavy atom. The monoisotopic (exact) mass is 621 g/mol. The molecule has 3 aromatic carbocycles. The lowest BCUT2D eigenvalue weighted by Crippen LogP contribution is -2.49. The number of benzene rings is 3. The SMILES string of the molecule is CCOc1cc2c(cc1C(=O)NCC(O)[C@@H]1Cc3ccccc3CN1)CN(Cc1cc(C(F)(F)F)cc(C(F)(F)F)c1)C2=O. The number of rotatable bonds is 8. The van der Waals surface area contributed by atoms with Gasteiger partial charge in [-0.3, -0.25) is 9.59 Å². The van der Waals surface area contributed by atoms with Gasteiger partial charge in [0.15, 0.2) is 0 Å². The number of fused-ring (bicyclic) bond motifs is 2. The highest BCUT2D eigenvalue weighted by Gasteiger charge is 2.38. The zero-order valence-electron chi connectivity index (χ0n) is 23.5. The zero-order chi connectivity index (χ0) is 31.8. The molecule has 7 nitrogen and oxygen atoms in total. The van der Waals surface area contributed by atoms with Gasteiger partial charge in [-0.1, -0.05) is 24.3 Å². The Bertz CT molecular complexity index is 1540. The minimum atomic E-state index is -5.02. The Kier molecular flexibility index (Phi) is 8.63. The quantitative estimate of drug-likeness (QED) is 0.305. The summed E-state index contributed by atoms with van der Waals surface area (Å²) in [6.45, 7) is 1.65. The van der Waals surface area contributed by atoms with E-state index in [0.29, 0.717) is 30.7 Å². The number of hydrogen-bond acceptors (Lipinski definition) is 5. The van der Waals surface area contributed by atoms with Crippen LogP contribution in [-0.2, 0) is 38.4 Å². The number of aliphatic hydroxyl groups excluding tert-OH is 1. The molecule has 3 N–H and O–H groups in total. The highest BCUT2D eigenvalue weighted by molar-refractivity contribution is 6.03. The van der Waals surface area contributed by atoms with E-state index in [9.17, 15) is 41.0 Å². The van der Waals surface area contributed by atoms with Gasteiger partial charge in [0.25, 0.3) is 11.8 Å². The predicted octanol–water partition coefficient (Wildman–Crippen LogP) is 5.08. The van der Waals surface area contributed by atoms with Crippen LogP contribution in [0.25, 0.3) is 0 Å². The van der Waals surface area contributed by atoms with Crippen molar-refractivity contribution in [3.8, 4) is 5.75 Å². The summed E-state index contributed by atoms with van der Waals surface area (Å²) in [5.41, 5.74) is -0.490. The van der Waals surface area contributed by atoms with Gasteiger partial charge in [0.2, 0.25) is 0 Å². The van der Waals surface area contributed by atoms with Gasteiger partial charge < -0.3 is 25.4 Å². The Morgan fingerprint density at radius 2 is 1.68 bits per heavy atom. The van der Waals surface area contributed by atoms with Crippen molar-refractivity contribution < 1.29 is 45.8 Å². The fourth-order valence-electron chi connectivity index (χ4n) is 5.50. The van der Waals surface area contributed by atoms with Gasteiger partial charge in [0.05, 0.1) is 29.4 Å². The molecule has 2 aliphatic rings. The Hall–Kier alpha value is -4.10. The summed E-state index contributed by atoms with van der Waals surface area (Å²) in [6.07, 6.45) is -10.4. The molecule has 0 fully saturated rings. The number of carbonyl (C=O) groups excluding carboxylic acids is 2. The van der Waals surface area contributed by atoms with Crippen LogP contribution in [0.1, 0.15) is 61.0 Å². The van der Waals surface area contributed by atoms with Crippen LogP contribution in [0.3, 0.4) is 0 Å². The number of ether oxygens (including phenoxy) is 1. The smallest absolute Gasteiger partial charge is 0.416 e. The third kappa shape index (κ3) is 6.68. The summed E-state index contributed by atoms with van der Waals surface area (Å²) in [4.78, 5) is 27.5. The van der Waals surface area contributed by atoms with Crippen molar-refractivity contribution in [2.24, 2.45) is 0 Å². The summed E-state index contributed by atoms with van der Waals surface area (Å²) >= 11 is 0. The minimum Gasteiger partial charge on any atom is -0.493 e. The first-order valence-electron chi connectivity index (χ1n) is 13.9. The molecule has 5 rings (SSSR count). The molecular weight excluding hydrogens is 592 g/mol. The van der Waals surface area contributed by atoms with Crippen LogP contribution in [-0.4, -0.2) is 47.1 Å². The molecule has 0 aromatic heterocycles. The van der Waals surface area contributed by atoms with E-state index in [4.69, 9.17) is 4.74 Å². The topological polar surface area (TPSA) is 90.9 Å². The summed E-state index contributed by atoms with van der Waals surface area (Å²) in [6, 6.07) is 11.5. The molecule has 13 heteroatoms. The maximum absolute atomic E-state index is 13.3. The summed E-state index contributed by atoms with van der Waals surface area (Å²) in [5, 5.41) is 16.7. The summed E-state index contributed by atoms with van der Waals surface area (Å²) < 4.78 is 85.6. The fraction of sp³-hybridized carbons (Fsp3) is 0.355.